The molecule has 0 aliphatic carbocycles. The van der Waals surface area contributed by atoms with E-state index in [0.29, 0.717) is 16.0 Å². The second-order valence-corrected chi connectivity index (χ2v) is 9.71. The standard InChI is InChI=1S/C23H20ClN5OS2/c1-15-3-6-17(7-4-15)22-27-28-23(29(22)19-10-8-18(24)9-11-19)31-14-21(30)26-25-13-20-12-5-16(2)32-20/h3-13H,14H2,1-2H3,(H,26,30)/b25-13+. The molecule has 0 saturated heterocycles. The molecule has 6 nitrogen and oxygen atoms in total. The Hall–Kier alpha value is -2.94. The fraction of sp³-hybridized carbons (Fsp3) is 0.130. The minimum absolute atomic E-state index is 0.153. The van der Waals surface area contributed by atoms with Crippen molar-refractivity contribution in [1.29, 1.82) is 0 Å². The summed E-state index contributed by atoms with van der Waals surface area (Å²) in [7, 11) is 0. The highest BCUT2D eigenvalue weighted by atomic mass is 35.5. The SMILES string of the molecule is Cc1ccc(-c2nnc(SCC(=O)N/N=C/c3ccc(C)s3)n2-c2ccc(Cl)cc2)cc1. The minimum Gasteiger partial charge on any atom is -0.272 e. The summed E-state index contributed by atoms with van der Waals surface area (Å²) in [5.74, 6) is 0.629. The summed E-state index contributed by atoms with van der Waals surface area (Å²) in [5.41, 5.74) is 5.53. The van der Waals surface area contributed by atoms with Gasteiger partial charge in [0.05, 0.1) is 12.0 Å². The van der Waals surface area contributed by atoms with Crippen molar-refractivity contribution in [3.63, 3.8) is 0 Å². The molecule has 9 heteroatoms. The second-order valence-electron chi connectivity index (χ2n) is 7.01. The van der Waals surface area contributed by atoms with Crippen molar-refractivity contribution < 1.29 is 4.79 Å². The van der Waals surface area contributed by atoms with Crippen molar-refractivity contribution in [2.45, 2.75) is 19.0 Å². The van der Waals surface area contributed by atoms with Crippen LogP contribution in [0.2, 0.25) is 5.02 Å². The first kappa shape index (κ1) is 22.3. The van der Waals surface area contributed by atoms with E-state index in [9.17, 15) is 4.79 Å². The van der Waals surface area contributed by atoms with Gasteiger partial charge in [0.15, 0.2) is 11.0 Å². The summed E-state index contributed by atoms with van der Waals surface area (Å²) in [4.78, 5) is 14.5. The zero-order valence-corrected chi connectivity index (χ0v) is 19.8. The number of nitrogens with zero attached hydrogens (tertiary/aromatic N) is 4. The monoisotopic (exact) mass is 481 g/mol. The summed E-state index contributed by atoms with van der Waals surface area (Å²) in [5, 5.41) is 14.0. The Labute approximate surface area is 199 Å². The van der Waals surface area contributed by atoms with Gasteiger partial charge in [-0.05, 0) is 50.2 Å². The van der Waals surface area contributed by atoms with Crippen LogP contribution in [0.15, 0.2) is 70.9 Å². The summed E-state index contributed by atoms with van der Waals surface area (Å²) in [6.07, 6.45) is 1.64. The number of thioether (sulfide) groups is 1. The van der Waals surface area contributed by atoms with Gasteiger partial charge >= 0.3 is 0 Å². The van der Waals surface area contributed by atoms with Crippen LogP contribution in [0.1, 0.15) is 15.3 Å². The first-order chi connectivity index (χ1) is 15.5. The number of nitrogens with one attached hydrogen (secondary N) is 1. The molecule has 1 N–H and O–H groups in total. The Morgan fingerprint density at radius 2 is 1.84 bits per heavy atom. The maximum atomic E-state index is 12.3. The average Bonchev–Trinajstić information content (AvgIpc) is 3.39. The number of amides is 1. The van der Waals surface area contributed by atoms with Crippen molar-refractivity contribution in [3.05, 3.63) is 81.0 Å². The molecule has 0 fully saturated rings. The number of carbonyl (C=O) groups is 1. The number of carbonyl (C=O) groups excluding carboxylic acids is 1. The number of aromatic nitrogens is 3. The van der Waals surface area contributed by atoms with E-state index in [-0.39, 0.29) is 11.7 Å². The third-order valence-electron chi connectivity index (χ3n) is 4.50. The largest absolute Gasteiger partial charge is 0.272 e. The third-order valence-corrected chi connectivity index (χ3v) is 6.62. The summed E-state index contributed by atoms with van der Waals surface area (Å²) in [6.45, 7) is 4.06. The lowest BCUT2D eigenvalue weighted by molar-refractivity contribution is -0.118. The van der Waals surface area contributed by atoms with Gasteiger partial charge < -0.3 is 0 Å². The van der Waals surface area contributed by atoms with Crippen LogP contribution in [0.25, 0.3) is 17.1 Å². The van der Waals surface area contributed by atoms with Gasteiger partial charge in [-0.3, -0.25) is 9.36 Å². The Kier molecular flexibility index (Phi) is 7.04. The van der Waals surface area contributed by atoms with Gasteiger partial charge in [0.25, 0.3) is 5.91 Å². The zero-order chi connectivity index (χ0) is 22.5. The quantitative estimate of drug-likeness (QED) is 0.214. The number of aryl methyl sites for hydroxylation is 2. The molecule has 0 radical (unpaired) electrons. The lowest BCUT2D eigenvalue weighted by Gasteiger charge is -2.10. The van der Waals surface area contributed by atoms with Crippen LogP contribution in [0.3, 0.4) is 0 Å². The molecule has 4 rings (SSSR count). The number of hydrazone groups is 1. The first-order valence-corrected chi connectivity index (χ1v) is 12.0. The van der Waals surface area contributed by atoms with Crippen LogP contribution >= 0.6 is 34.7 Å². The summed E-state index contributed by atoms with van der Waals surface area (Å²) >= 11 is 8.98. The van der Waals surface area contributed by atoms with Gasteiger partial charge in [-0.15, -0.1) is 21.5 Å². The average molecular weight is 482 g/mol. The molecule has 0 aliphatic heterocycles. The molecule has 0 aliphatic rings. The van der Waals surface area contributed by atoms with E-state index in [1.807, 2.05) is 79.1 Å². The van der Waals surface area contributed by atoms with Gasteiger partial charge in [-0.2, -0.15) is 5.10 Å². The lowest BCUT2D eigenvalue weighted by Crippen LogP contribution is -2.19. The molecular weight excluding hydrogens is 462 g/mol. The van der Waals surface area contributed by atoms with Crippen LogP contribution in [0.4, 0.5) is 0 Å². The van der Waals surface area contributed by atoms with E-state index >= 15 is 0 Å². The van der Waals surface area contributed by atoms with Gasteiger partial charge in [-0.25, -0.2) is 5.43 Å². The molecule has 0 bridgehead atoms. The van der Waals surface area contributed by atoms with Crippen LogP contribution < -0.4 is 5.43 Å². The number of rotatable bonds is 7. The normalized spacial score (nSPS) is 11.2. The molecule has 2 aromatic carbocycles. The predicted molar refractivity (Wildman–Crippen MR) is 132 cm³/mol. The van der Waals surface area contributed by atoms with Gasteiger partial charge in [0.2, 0.25) is 0 Å². The van der Waals surface area contributed by atoms with Crippen molar-refractivity contribution in [2.24, 2.45) is 5.10 Å². The Bertz CT molecular complexity index is 1250. The van der Waals surface area contributed by atoms with Crippen LogP contribution in [0.5, 0.6) is 0 Å². The second kappa shape index (κ2) is 10.1. The van der Waals surface area contributed by atoms with Gasteiger partial charge in [0, 0.05) is 26.0 Å². The molecule has 2 aromatic heterocycles. The number of hydrogen-bond donors (Lipinski definition) is 1. The molecule has 4 aromatic rings. The Morgan fingerprint density at radius 1 is 1.09 bits per heavy atom. The minimum atomic E-state index is -0.220. The topological polar surface area (TPSA) is 72.2 Å². The number of hydrogen-bond acceptors (Lipinski definition) is 6. The molecule has 0 saturated carbocycles. The van der Waals surface area contributed by atoms with E-state index in [4.69, 9.17) is 11.6 Å². The molecule has 0 unspecified atom stereocenters. The fourth-order valence-electron chi connectivity index (χ4n) is 2.93. The van der Waals surface area contributed by atoms with Crippen LogP contribution in [-0.4, -0.2) is 32.6 Å². The smallest absolute Gasteiger partial charge is 0.250 e. The maximum absolute atomic E-state index is 12.3. The lowest BCUT2D eigenvalue weighted by atomic mass is 10.1. The van der Waals surface area contributed by atoms with Crippen molar-refractivity contribution in [1.82, 2.24) is 20.2 Å². The van der Waals surface area contributed by atoms with Crippen LogP contribution in [-0.2, 0) is 4.79 Å². The van der Waals surface area contributed by atoms with Gasteiger partial charge in [0.1, 0.15) is 0 Å². The first-order valence-electron chi connectivity index (χ1n) is 9.79. The predicted octanol–water partition coefficient (Wildman–Crippen LogP) is 5.51. The van der Waals surface area contributed by atoms with Crippen LogP contribution in [0, 0.1) is 13.8 Å². The van der Waals surface area contributed by atoms with Gasteiger partial charge in [-0.1, -0.05) is 53.2 Å². The molecule has 1 amide bonds. The van der Waals surface area contributed by atoms with E-state index in [1.165, 1.54) is 16.6 Å². The molecule has 32 heavy (non-hydrogen) atoms. The maximum Gasteiger partial charge on any atom is 0.250 e. The molecule has 0 spiro atoms. The number of benzene rings is 2. The summed E-state index contributed by atoms with van der Waals surface area (Å²) in [6, 6.07) is 19.5. The van der Waals surface area contributed by atoms with E-state index < -0.39 is 0 Å². The zero-order valence-electron chi connectivity index (χ0n) is 17.4. The third kappa shape index (κ3) is 5.45. The van der Waals surface area contributed by atoms with E-state index in [2.05, 4.69) is 20.7 Å². The summed E-state index contributed by atoms with van der Waals surface area (Å²) < 4.78 is 1.93. The highest BCUT2D eigenvalue weighted by Crippen LogP contribution is 2.28. The Balaban J connectivity index is 1.52. The Morgan fingerprint density at radius 3 is 2.53 bits per heavy atom. The highest BCUT2D eigenvalue weighted by Gasteiger charge is 2.17. The molecular formula is C23H20ClN5OS2. The fourth-order valence-corrected chi connectivity index (χ4v) is 4.55. The molecule has 2 heterocycles. The van der Waals surface area contributed by atoms with Crippen molar-refractivity contribution in [3.8, 4) is 17.1 Å². The molecule has 0 atom stereocenters. The number of halogens is 1. The molecule has 162 valence electrons. The number of thiophene rings is 1. The highest BCUT2D eigenvalue weighted by molar-refractivity contribution is 7.99. The van der Waals surface area contributed by atoms with E-state index in [0.717, 1.165) is 21.7 Å². The van der Waals surface area contributed by atoms with Crippen molar-refractivity contribution in [2.75, 3.05) is 5.75 Å². The van der Waals surface area contributed by atoms with Crippen molar-refractivity contribution >= 4 is 46.8 Å². The van der Waals surface area contributed by atoms with E-state index in [1.54, 1.807) is 17.6 Å².